The summed E-state index contributed by atoms with van der Waals surface area (Å²) in [7, 11) is 0. The number of hydrogen-bond acceptors (Lipinski definition) is 5. The van der Waals surface area contributed by atoms with E-state index in [1.807, 2.05) is 42.5 Å². The minimum Gasteiger partial charge on any atom is -0.486 e. The van der Waals surface area contributed by atoms with Crippen LogP contribution >= 0.6 is 0 Å². The number of aromatic nitrogens is 3. The molecule has 1 aliphatic rings. The number of ether oxygens (including phenoxy) is 2. The van der Waals surface area contributed by atoms with Gasteiger partial charge < -0.3 is 14.8 Å². The summed E-state index contributed by atoms with van der Waals surface area (Å²) in [6.07, 6.45) is 0. The van der Waals surface area contributed by atoms with Gasteiger partial charge >= 0.3 is 0 Å². The minimum absolute atomic E-state index is 0.118. The van der Waals surface area contributed by atoms with E-state index in [9.17, 15) is 4.79 Å². The number of rotatable bonds is 4. The molecule has 1 amide bonds. The van der Waals surface area contributed by atoms with Gasteiger partial charge in [0.15, 0.2) is 11.5 Å². The van der Waals surface area contributed by atoms with Gasteiger partial charge in [0.25, 0.3) is 0 Å². The molecule has 2 heterocycles. The second-order valence-corrected chi connectivity index (χ2v) is 5.45. The SMILES string of the molecule is O=C(Cn1nnc2ccccc21)NCc1cccc2c1OCCO2. The van der Waals surface area contributed by atoms with Gasteiger partial charge in [-0.1, -0.05) is 29.5 Å². The third kappa shape index (κ3) is 2.76. The van der Waals surface area contributed by atoms with Crippen LogP contribution in [0.4, 0.5) is 0 Å². The van der Waals surface area contributed by atoms with Crippen molar-refractivity contribution >= 4 is 16.9 Å². The standard InChI is InChI=1S/C17H16N4O3/c22-16(11-21-14-6-2-1-5-13(14)19-20-21)18-10-12-4-3-7-15-17(12)24-9-8-23-15/h1-7H,8-11H2,(H,18,22). The topological polar surface area (TPSA) is 78.3 Å². The molecule has 7 heteroatoms. The number of nitrogens with one attached hydrogen (secondary N) is 1. The van der Waals surface area contributed by atoms with Crippen molar-refractivity contribution < 1.29 is 14.3 Å². The Bertz CT molecular complexity index is 890. The second-order valence-electron chi connectivity index (χ2n) is 5.45. The van der Waals surface area contributed by atoms with E-state index in [0.29, 0.717) is 25.5 Å². The lowest BCUT2D eigenvalue weighted by Crippen LogP contribution is -2.28. The molecule has 0 atom stereocenters. The quantitative estimate of drug-likeness (QED) is 0.787. The third-order valence-electron chi connectivity index (χ3n) is 3.84. The molecule has 7 nitrogen and oxygen atoms in total. The first kappa shape index (κ1) is 14.5. The first-order valence-corrected chi connectivity index (χ1v) is 7.74. The number of nitrogens with zero attached hydrogens (tertiary/aromatic N) is 3. The lowest BCUT2D eigenvalue weighted by atomic mass is 10.1. The van der Waals surface area contributed by atoms with Crippen LogP contribution in [0.15, 0.2) is 42.5 Å². The summed E-state index contributed by atoms with van der Waals surface area (Å²) >= 11 is 0. The largest absolute Gasteiger partial charge is 0.486 e. The fraction of sp³-hybridized carbons (Fsp3) is 0.235. The van der Waals surface area contributed by atoms with Crippen molar-refractivity contribution in [1.82, 2.24) is 20.3 Å². The van der Waals surface area contributed by atoms with E-state index in [1.54, 1.807) is 4.68 Å². The van der Waals surface area contributed by atoms with Gasteiger partial charge in [-0.3, -0.25) is 4.79 Å². The molecule has 1 aromatic heterocycles. The summed E-state index contributed by atoms with van der Waals surface area (Å²) in [5, 5.41) is 11.0. The summed E-state index contributed by atoms with van der Waals surface area (Å²) in [5.74, 6) is 1.28. The summed E-state index contributed by atoms with van der Waals surface area (Å²) in [6, 6.07) is 13.2. The van der Waals surface area contributed by atoms with Crippen molar-refractivity contribution in [3.63, 3.8) is 0 Å². The molecule has 122 valence electrons. The molecule has 0 unspecified atom stereocenters. The molecule has 0 fully saturated rings. The van der Waals surface area contributed by atoms with E-state index >= 15 is 0 Å². The molecule has 1 aliphatic heterocycles. The fourth-order valence-corrected chi connectivity index (χ4v) is 2.69. The van der Waals surface area contributed by atoms with E-state index in [-0.39, 0.29) is 12.5 Å². The zero-order chi connectivity index (χ0) is 16.4. The molecule has 0 aliphatic carbocycles. The molecule has 2 aromatic carbocycles. The van der Waals surface area contributed by atoms with Gasteiger partial charge in [0.05, 0.1) is 5.52 Å². The van der Waals surface area contributed by atoms with Gasteiger partial charge in [-0.05, 0) is 18.2 Å². The van der Waals surface area contributed by atoms with Crippen LogP contribution in [0.25, 0.3) is 11.0 Å². The van der Waals surface area contributed by atoms with E-state index in [2.05, 4.69) is 15.6 Å². The highest BCUT2D eigenvalue weighted by Crippen LogP contribution is 2.33. The van der Waals surface area contributed by atoms with E-state index in [0.717, 1.165) is 22.3 Å². The van der Waals surface area contributed by atoms with Crippen LogP contribution in [-0.4, -0.2) is 34.1 Å². The molecular formula is C17H16N4O3. The zero-order valence-corrected chi connectivity index (χ0v) is 12.9. The van der Waals surface area contributed by atoms with Gasteiger partial charge in [0, 0.05) is 12.1 Å². The van der Waals surface area contributed by atoms with Crippen molar-refractivity contribution in [1.29, 1.82) is 0 Å². The third-order valence-corrected chi connectivity index (χ3v) is 3.84. The molecule has 0 spiro atoms. The van der Waals surface area contributed by atoms with Crippen molar-refractivity contribution in [2.75, 3.05) is 13.2 Å². The van der Waals surface area contributed by atoms with Gasteiger partial charge in [-0.2, -0.15) is 0 Å². The fourth-order valence-electron chi connectivity index (χ4n) is 2.69. The Hall–Kier alpha value is -3.09. The maximum Gasteiger partial charge on any atom is 0.242 e. The molecule has 0 bridgehead atoms. The van der Waals surface area contributed by atoms with Gasteiger partial charge in [-0.15, -0.1) is 5.10 Å². The Kier molecular flexibility index (Phi) is 3.74. The molecule has 0 radical (unpaired) electrons. The Balaban J connectivity index is 1.44. The highest BCUT2D eigenvalue weighted by Gasteiger charge is 2.16. The molecule has 3 aromatic rings. The predicted molar refractivity (Wildman–Crippen MR) is 86.8 cm³/mol. The highest BCUT2D eigenvalue weighted by atomic mass is 16.6. The number of benzene rings is 2. The number of amides is 1. The maximum absolute atomic E-state index is 12.2. The smallest absolute Gasteiger partial charge is 0.242 e. The van der Waals surface area contributed by atoms with Gasteiger partial charge in [0.2, 0.25) is 5.91 Å². The van der Waals surface area contributed by atoms with Crippen molar-refractivity contribution in [2.24, 2.45) is 0 Å². The summed E-state index contributed by atoms with van der Waals surface area (Å²) < 4.78 is 12.8. The van der Waals surface area contributed by atoms with Crippen LogP contribution in [0, 0.1) is 0 Å². The van der Waals surface area contributed by atoms with Crippen LogP contribution in [0.2, 0.25) is 0 Å². The Labute approximate surface area is 138 Å². The summed E-state index contributed by atoms with van der Waals surface area (Å²) in [5.41, 5.74) is 2.50. The van der Waals surface area contributed by atoms with Crippen molar-refractivity contribution in [3.05, 3.63) is 48.0 Å². The lowest BCUT2D eigenvalue weighted by Gasteiger charge is -2.21. The molecule has 0 saturated carbocycles. The molecular weight excluding hydrogens is 308 g/mol. The number of carbonyl (C=O) groups excluding carboxylic acids is 1. The average molecular weight is 324 g/mol. The zero-order valence-electron chi connectivity index (χ0n) is 12.9. The number of fused-ring (bicyclic) bond motifs is 2. The highest BCUT2D eigenvalue weighted by molar-refractivity contribution is 5.79. The van der Waals surface area contributed by atoms with Crippen LogP contribution in [0.5, 0.6) is 11.5 Å². The maximum atomic E-state index is 12.2. The van der Waals surface area contributed by atoms with E-state index < -0.39 is 0 Å². The molecule has 4 rings (SSSR count). The van der Waals surface area contributed by atoms with Crippen LogP contribution in [0.1, 0.15) is 5.56 Å². The average Bonchev–Trinajstić information content (AvgIpc) is 3.03. The summed E-state index contributed by atoms with van der Waals surface area (Å²) in [6.45, 7) is 1.55. The monoisotopic (exact) mass is 324 g/mol. The summed E-state index contributed by atoms with van der Waals surface area (Å²) in [4.78, 5) is 12.2. The Morgan fingerprint density at radius 1 is 1.12 bits per heavy atom. The minimum atomic E-state index is -0.139. The number of hydrogen-bond donors (Lipinski definition) is 1. The van der Waals surface area contributed by atoms with Crippen LogP contribution < -0.4 is 14.8 Å². The predicted octanol–water partition coefficient (Wildman–Crippen LogP) is 1.52. The van der Waals surface area contributed by atoms with Crippen molar-refractivity contribution in [3.8, 4) is 11.5 Å². The number of carbonyl (C=O) groups is 1. The molecule has 24 heavy (non-hydrogen) atoms. The Morgan fingerprint density at radius 3 is 2.96 bits per heavy atom. The van der Waals surface area contributed by atoms with E-state index in [1.165, 1.54) is 0 Å². The molecule has 1 N–H and O–H groups in total. The Morgan fingerprint density at radius 2 is 2.00 bits per heavy atom. The van der Waals surface area contributed by atoms with Crippen LogP contribution in [0.3, 0.4) is 0 Å². The normalized spacial score (nSPS) is 13.0. The van der Waals surface area contributed by atoms with Crippen LogP contribution in [-0.2, 0) is 17.9 Å². The lowest BCUT2D eigenvalue weighted by molar-refractivity contribution is -0.121. The molecule has 0 saturated heterocycles. The number of para-hydroxylation sites is 2. The van der Waals surface area contributed by atoms with E-state index in [4.69, 9.17) is 9.47 Å². The first-order valence-electron chi connectivity index (χ1n) is 7.74. The van der Waals surface area contributed by atoms with Gasteiger partial charge in [0.1, 0.15) is 25.3 Å². The second kappa shape index (κ2) is 6.19. The van der Waals surface area contributed by atoms with Crippen molar-refractivity contribution in [2.45, 2.75) is 13.1 Å². The first-order chi connectivity index (χ1) is 11.8. The van der Waals surface area contributed by atoms with Gasteiger partial charge in [-0.25, -0.2) is 4.68 Å².